The van der Waals surface area contributed by atoms with Gasteiger partial charge in [-0.1, -0.05) is 24.3 Å². The van der Waals surface area contributed by atoms with Crippen molar-refractivity contribution >= 4 is 6.08 Å². The van der Waals surface area contributed by atoms with Crippen LogP contribution in [-0.2, 0) is 6.42 Å². The predicted molar refractivity (Wildman–Crippen MR) is 100 cm³/mol. The maximum Gasteiger partial charge on any atom is 0.169 e. The highest BCUT2D eigenvalue weighted by atomic mass is 16.5. The Balaban J connectivity index is 1.92. The normalized spacial score (nSPS) is 10.7. The van der Waals surface area contributed by atoms with Crippen LogP contribution in [0.2, 0.25) is 0 Å². The van der Waals surface area contributed by atoms with Crippen molar-refractivity contribution in [2.24, 2.45) is 0 Å². The van der Waals surface area contributed by atoms with Crippen LogP contribution in [0.5, 0.6) is 17.2 Å². The summed E-state index contributed by atoms with van der Waals surface area (Å²) in [5, 5.41) is 9.40. The average Bonchev–Trinajstić information content (AvgIpc) is 3.16. The molecule has 0 bridgehead atoms. The van der Waals surface area contributed by atoms with Crippen LogP contribution < -0.4 is 9.47 Å². The van der Waals surface area contributed by atoms with Gasteiger partial charge in [0.1, 0.15) is 17.6 Å². The number of nitrogens with one attached hydrogen (secondary N) is 1. The van der Waals surface area contributed by atoms with Crippen LogP contribution in [0.15, 0.2) is 54.9 Å². The minimum absolute atomic E-state index is 0.466. The number of hydrogen-bond donors (Lipinski definition) is 1. The smallest absolute Gasteiger partial charge is 0.169 e. The molecule has 0 radical (unpaired) electrons. The van der Waals surface area contributed by atoms with E-state index in [1.807, 2.05) is 49.4 Å². The van der Waals surface area contributed by atoms with Crippen LogP contribution >= 0.6 is 0 Å². The highest BCUT2D eigenvalue weighted by molar-refractivity contribution is 5.57. The lowest BCUT2D eigenvalue weighted by molar-refractivity contribution is 0.378. The molecule has 0 amide bonds. The maximum absolute atomic E-state index is 9.40. The molecule has 1 heterocycles. The Morgan fingerprint density at radius 2 is 2.04 bits per heavy atom. The van der Waals surface area contributed by atoms with Crippen LogP contribution in [0.4, 0.5) is 0 Å². The lowest BCUT2D eigenvalue weighted by atomic mass is 10.1. The second-order valence-electron chi connectivity index (χ2n) is 5.67. The number of nitriles is 1. The van der Waals surface area contributed by atoms with E-state index in [-0.39, 0.29) is 0 Å². The van der Waals surface area contributed by atoms with E-state index in [1.54, 1.807) is 25.6 Å². The molecule has 3 rings (SSSR count). The van der Waals surface area contributed by atoms with Crippen molar-refractivity contribution in [1.82, 2.24) is 9.97 Å². The lowest BCUT2D eigenvalue weighted by Gasteiger charge is -2.13. The number of hydrogen-bond acceptors (Lipinski definition) is 4. The fourth-order valence-corrected chi connectivity index (χ4v) is 2.62. The van der Waals surface area contributed by atoms with Gasteiger partial charge in [0, 0.05) is 18.8 Å². The van der Waals surface area contributed by atoms with E-state index in [2.05, 4.69) is 16.0 Å². The van der Waals surface area contributed by atoms with E-state index in [0.717, 1.165) is 17.0 Å². The zero-order valence-corrected chi connectivity index (χ0v) is 14.7. The number of aromatic amines is 1. The zero-order chi connectivity index (χ0) is 18.4. The van der Waals surface area contributed by atoms with Crippen LogP contribution in [0.3, 0.4) is 0 Å². The molecule has 0 fully saturated rings. The minimum atomic E-state index is 0.466. The Hall–Kier alpha value is -3.52. The Morgan fingerprint density at radius 3 is 2.73 bits per heavy atom. The second-order valence-corrected chi connectivity index (χ2v) is 5.67. The van der Waals surface area contributed by atoms with E-state index in [9.17, 15) is 5.26 Å². The fourth-order valence-electron chi connectivity index (χ4n) is 2.62. The summed E-state index contributed by atoms with van der Waals surface area (Å²) in [7, 11) is 1.60. The van der Waals surface area contributed by atoms with Gasteiger partial charge in [-0.3, -0.25) is 0 Å². The summed E-state index contributed by atoms with van der Waals surface area (Å²) in [5.74, 6) is 2.52. The fraction of sp³-hybridized carbons (Fsp3) is 0.143. The van der Waals surface area contributed by atoms with Gasteiger partial charge in [0.2, 0.25) is 0 Å². The number of methoxy groups -OCH3 is 1. The molecular weight excluding hydrogens is 326 g/mol. The number of aromatic nitrogens is 2. The highest BCUT2D eigenvalue weighted by Gasteiger charge is 2.11. The maximum atomic E-state index is 9.40. The second kappa shape index (κ2) is 8.04. The van der Waals surface area contributed by atoms with Gasteiger partial charge in [-0.15, -0.1) is 0 Å². The Bertz CT molecular complexity index is 954. The summed E-state index contributed by atoms with van der Waals surface area (Å²) in [6.45, 7) is 1.96. The van der Waals surface area contributed by atoms with E-state index < -0.39 is 0 Å². The lowest BCUT2D eigenvalue weighted by Crippen LogP contribution is -1.96. The first-order valence-electron chi connectivity index (χ1n) is 8.23. The summed E-state index contributed by atoms with van der Waals surface area (Å²) in [4.78, 5) is 7.31. The van der Waals surface area contributed by atoms with E-state index >= 15 is 0 Å². The van der Waals surface area contributed by atoms with Gasteiger partial charge in [-0.2, -0.15) is 5.26 Å². The van der Waals surface area contributed by atoms with Crippen LogP contribution in [0.25, 0.3) is 6.08 Å². The Kier molecular flexibility index (Phi) is 5.35. The van der Waals surface area contributed by atoms with Gasteiger partial charge >= 0.3 is 0 Å². The number of rotatable bonds is 6. The van der Waals surface area contributed by atoms with Crippen LogP contribution in [0, 0.1) is 11.3 Å². The molecule has 1 N–H and O–H groups in total. The van der Waals surface area contributed by atoms with Gasteiger partial charge in [0.15, 0.2) is 11.5 Å². The monoisotopic (exact) mass is 345 g/mol. The summed E-state index contributed by atoms with van der Waals surface area (Å²) in [6, 6.07) is 13.4. The van der Waals surface area contributed by atoms with Gasteiger partial charge in [0.05, 0.1) is 12.7 Å². The van der Waals surface area contributed by atoms with Crippen LogP contribution in [-0.4, -0.2) is 17.1 Å². The first-order valence-corrected chi connectivity index (χ1v) is 8.23. The largest absolute Gasteiger partial charge is 0.493 e. The summed E-state index contributed by atoms with van der Waals surface area (Å²) >= 11 is 0. The third-order valence-corrected chi connectivity index (χ3v) is 3.86. The van der Waals surface area contributed by atoms with E-state index in [4.69, 9.17) is 9.47 Å². The first-order chi connectivity index (χ1) is 12.7. The number of allylic oxidation sites excluding steroid dienone is 1. The highest BCUT2D eigenvalue weighted by Crippen LogP contribution is 2.34. The van der Waals surface area contributed by atoms with Crippen molar-refractivity contribution < 1.29 is 9.47 Å². The first kappa shape index (κ1) is 17.3. The third kappa shape index (κ3) is 3.93. The van der Waals surface area contributed by atoms with Crippen molar-refractivity contribution in [1.29, 1.82) is 5.26 Å². The molecule has 1 aromatic heterocycles. The number of ether oxygens (including phenoxy) is 2. The molecule has 5 heteroatoms. The summed E-state index contributed by atoms with van der Waals surface area (Å²) in [6.07, 6.45) is 8.08. The van der Waals surface area contributed by atoms with E-state index in [0.29, 0.717) is 29.2 Å². The summed E-state index contributed by atoms with van der Waals surface area (Å²) < 4.78 is 11.4. The molecule has 0 aliphatic carbocycles. The van der Waals surface area contributed by atoms with Crippen molar-refractivity contribution in [3.05, 3.63) is 77.4 Å². The van der Waals surface area contributed by atoms with Gasteiger partial charge in [-0.05, 0) is 42.3 Å². The van der Waals surface area contributed by atoms with Gasteiger partial charge in [-0.25, -0.2) is 4.98 Å². The minimum Gasteiger partial charge on any atom is -0.493 e. The van der Waals surface area contributed by atoms with Crippen molar-refractivity contribution in [2.75, 3.05) is 7.11 Å². The molecule has 0 spiro atoms. The zero-order valence-electron chi connectivity index (χ0n) is 14.7. The molecule has 5 nitrogen and oxygen atoms in total. The molecule has 0 aliphatic rings. The molecule has 130 valence electrons. The molecule has 0 unspecified atom stereocenters. The van der Waals surface area contributed by atoms with Crippen molar-refractivity contribution in [2.45, 2.75) is 13.3 Å². The average molecular weight is 345 g/mol. The molecule has 0 saturated heterocycles. The van der Waals surface area contributed by atoms with E-state index in [1.165, 1.54) is 0 Å². The number of imidazole rings is 1. The van der Waals surface area contributed by atoms with Gasteiger partial charge in [0.25, 0.3) is 0 Å². The van der Waals surface area contributed by atoms with Crippen LogP contribution in [0.1, 0.15) is 29.4 Å². The standard InChI is InChI=1S/C21H19N3O2/c1-3-4-15-6-8-18(20(11-15)25-2)26-19-12-16(5-7-17(19)14-22)13-21-23-9-10-24-21/h3-12H,13H2,1-2H3,(H,23,24). The quantitative estimate of drug-likeness (QED) is 0.702. The number of nitrogens with zero attached hydrogens (tertiary/aromatic N) is 2. The molecule has 2 aromatic carbocycles. The molecule has 0 atom stereocenters. The molecule has 26 heavy (non-hydrogen) atoms. The SMILES string of the molecule is CC=Cc1ccc(Oc2cc(Cc3ncc[nH]3)ccc2C#N)c(OC)c1. The summed E-state index contributed by atoms with van der Waals surface area (Å²) in [5.41, 5.74) is 2.48. The topological polar surface area (TPSA) is 70.9 Å². The predicted octanol–water partition coefficient (Wildman–Crippen LogP) is 4.71. The molecule has 0 aliphatic heterocycles. The molecule has 0 saturated carbocycles. The van der Waals surface area contributed by atoms with Gasteiger partial charge < -0.3 is 14.5 Å². The molecular formula is C21H19N3O2. The number of benzene rings is 2. The Labute approximate surface area is 152 Å². The third-order valence-electron chi connectivity index (χ3n) is 3.86. The number of H-pyrrole nitrogens is 1. The van der Waals surface area contributed by atoms with Crippen molar-refractivity contribution in [3.63, 3.8) is 0 Å². The van der Waals surface area contributed by atoms with Crippen molar-refractivity contribution in [3.8, 4) is 23.3 Å². The molecule has 3 aromatic rings. The Morgan fingerprint density at radius 1 is 1.15 bits per heavy atom.